The Morgan fingerprint density at radius 3 is 2.40 bits per heavy atom. The number of nitrogen functional groups attached to an aromatic ring is 1. The highest BCUT2D eigenvalue weighted by Crippen LogP contribution is 2.32. The summed E-state index contributed by atoms with van der Waals surface area (Å²) in [6, 6.07) is 3.77. The number of hydrogen-bond acceptors (Lipinski definition) is 5. The SMILES string of the molecule is C#Cc1cc(Cc2cnc(N)nc2)cc(OC)c1OC. The first kappa shape index (κ1) is 13.7. The van der Waals surface area contributed by atoms with Crippen LogP contribution in [0.15, 0.2) is 24.5 Å². The molecule has 102 valence electrons. The fraction of sp³-hybridized carbons (Fsp3) is 0.200. The van der Waals surface area contributed by atoms with Crippen LogP contribution in [-0.4, -0.2) is 24.2 Å². The number of anilines is 1. The molecule has 2 aromatic rings. The average molecular weight is 269 g/mol. The number of nitrogens with zero attached hydrogens (tertiary/aromatic N) is 2. The quantitative estimate of drug-likeness (QED) is 0.855. The lowest BCUT2D eigenvalue weighted by molar-refractivity contribution is 0.354. The molecule has 0 spiro atoms. The highest BCUT2D eigenvalue weighted by atomic mass is 16.5. The fourth-order valence-corrected chi connectivity index (χ4v) is 1.92. The fourth-order valence-electron chi connectivity index (χ4n) is 1.92. The van der Waals surface area contributed by atoms with E-state index in [2.05, 4.69) is 15.9 Å². The normalized spacial score (nSPS) is 9.85. The molecule has 2 N–H and O–H groups in total. The summed E-state index contributed by atoms with van der Waals surface area (Å²) < 4.78 is 10.6. The minimum atomic E-state index is 0.255. The summed E-state index contributed by atoms with van der Waals surface area (Å²) in [5, 5.41) is 0. The van der Waals surface area contributed by atoms with E-state index >= 15 is 0 Å². The van der Waals surface area contributed by atoms with Crippen LogP contribution < -0.4 is 15.2 Å². The summed E-state index contributed by atoms with van der Waals surface area (Å²) >= 11 is 0. The molecule has 2 rings (SSSR count). The van der Waals surface area contributed by atoms with Crippen LogP contribution in [0.4, 0.5) is 5.95 Å². The van der Waals surface area contributed by atoms with Crippen molar-refractivity contribution in [1.82, 2.24) is 9.97 Å². The molecule has 0 atom stereocenters. The molecular formula is C15H15N3O2. The number of benzene rings is 1. The maximum Gasteiger partial charge on any atom is 0.219 e. The smallest absolute Gasteiger partial charge is 0.219 e. The Kier molecular flexibility index (Phi) is 4.06. The zero-order valence-corrected chi connectivity index (χ0v) is 11.4. The molecule has 1 aromatic heterocycles. The topological polar surface area (TPSA) is 70.3 Å². The molecule has 0 fully saturated rings. The summed E-state index contributed by atoms with van der Waals surface area (Å²) in [7, 11) is 3.14. The average Bonchev–Trinajstić information content (AvgIpc) is 2.48. The van der Waals surface area contributed by atoms with E-state index in [0.717, 1.165) is 11.1 Å². The first-order valence-corrected chi connectivity index (χ1v) is 5.95. The van der Waals surface area contributed by atoms with Crippen molar-refractivity contribution in [3.05, 3.63) is 41.2 Å². The Morgan fingerprint density at radius 2 is 1.85 bits per heavy atom. The van der Waals surface area contributed by atoms with E-state index in [-0.39, 0.29) is 5.95 Å². The molecule has 1 heterocycles. The number of hydrogen-bond donors (Lipinski definition) is 1. The molecule has 5 heteroatoms. The van der Waals surface area contributed by atoms with Gasteiger partial charge in [0.2, 0.25) is 5.95 Å². The predicted octanol–water partition coefficient (Wildman–Crippen LogP) is 1.65. The molecule has 0 aliphatic heterocycles. The number of terminal acetylenes is 1. The monoisotopic (exact) mass is 269 g/mol. The molecule has 0 saturated heterocycles. The van der Waals surface area contributed by atoms with Crippen molar-refractivity contribution >= 4 is 5.95 Å². The first-order valence-electron chi connectivity index (χ1n) is 5.95. The number of aromatic nitrogens is 2. The highest BCUT2D eigenvalue weighted by Gasteiger charge is 2.11. The molecule has 0 amide bonds. The molecule has 0 aliphatic carbocycles. The molecule has 0 unspecified atom stereocenters. The van der Waals surface area contributed by atoms with Crippen LogP contribution in [0.2, 0.25) is 0 Å². The van der Waals surface area contributed by atoms with Crippen molar-refractivity contribution in [2.24, 2.45) is 0 Å². The first-order chi connectivity index (χ1) is 9.67. The zero-order valence-electron chi connectivity index (χ0n) is 11.4. The Bertz CT molecular complexity index is 645. The van der Waals surface area contributed by atoms with Crippen LogP contribution in [0.25, 0.3) is 0 Å². The van der Waals surface area contributed by atoms with Gasteiger partial charge in [0.15, 0.2) is 11.5 Å². The van der Waals surface area contributed by atoms with Crippen molar-refractivity contribution in [3.8, 4) is 23.8 Å². The van der Waals surface area contributed by atoms with E-state index < -0.39 is 0 Å². The third-order valence-corrected chi connectivity index (χ3v) is 2.83. The second kappa shape index (κ2) is 5.93. The van der Waals surface area contributed by atoms with Gasteiger partial charge in [0.25, 0.3) is 0 Å². The van der Waals surface area contributed by atoms with Gasteiger partial charge in [-0.3, -0.25) is 0 Å². The second-order valence-corrected chi connectivity index (χ2v) is 4.15. The lowest BCUT2D eigenvalue weighted by Gasteiger charge is -2.12. The van der Waals surface area contributed by atoms with Gasteiger partial charge in [0, 0.05) is 18.8 Å². The summed E-state index contributed by atoms with van der Waals surface area (Å²) in [5.41, 5.74) is 8.04. The van der Waals surface area contributed by atoms with E-state index in [0.29, 0.717) is 23.5 Å². The van der Waals surface area contributed by atoms with Gasteiger partial charge in [0.05, 0.1) is 19.8 Å². The van der Waals surface area contributed by atoms with E-state index in [9.17, 15) is 0 Å². The van der Waals surface area contributed by atoms with E-state index in [4.69, 9.17) is 21.6 Å². The molecule has 1 aromatic carbocycles. The maximum atomic E-state index is 5.51. The predicted molar refractivity (Wildman–Crippen MR) is 76.7 cm³/mol. The minimum Gasteiger partial charge on any atom is -0.493 e. The zero-order chi connectivity index (χ0) is 14.5. The van der Waals surface area contributed by atoms with Crippen LogP contribution in [0.5, 0.6) is 11.5 Å². The Morgan fingerprint density at radius 1 is 1.15 bits per heavy atom. The van der Waals surface area contributed by atoms with Gasteiger partial charge in [-0.05, 0) is 23.3 Å². The van der Waals surface area contributed by atoms with Crippen molar-refractivity contribution in [2.75, 3.05) is 20.0 Å². The van der Waals surface area contributed by atoms with Gasteiger partial charge in [0.1, 0.15) is 0 Å². The largest absolute Gasteiger partial charge is 0.493 e. The van der Waals surface area contributed by atoms with Crippen molar-refractivity contribution in [2.45, 2.75) is 6.42 Å². The maximum absolute atomic E-state index is 5.51. The van der Waals surface area contributed by atoms with Crippen LogP contribution in [0, 0.1) is 12.3 Å². The molecule has 5 nitrogen and oxygen atoms in total. The van der Waals surface area contributed by atoms with Crippen molar-refractivity contribution in [3.63, 3.8) is 0 Å². The highest BCUT2D eigenvalue weighted by molar-refractivity contribution is 5.56. The summed E-state index contributed by atoms with van der Waals surface area (Å²) in [5.74, 6) is 4.02. The lowest BCUT2D eigenvalue weighted by atomic mass is 10.0. The number of nitrogens with two attached hydrogens (primary N) is 1. The standard InChI is InChI=1S/C15H15N3O2/c1-4-12-6-10(7-13(19-2)14(12)20-3)5-11-8-17-15(16)18-9-11/h1,6-9H,5H2,2-3H3,(H2,16,17,18). The van der Waals surface area contributed by atoms with Crippen LogP contribution in [-0.2, 0) is 6.42 Å². The minimum absolute atomic E-state index is 0.255. The van der Waals surface area contributed by atoms with E-state index in [1.807, 2.05) is 12.1 Å². The van der Waals surface area contributed by atoms with Gasteiger partial charge in [-0.25, -0.2) is 9.97 Å². The Hall–Kier alpha value is -2.74. The molecule has 0 bridgehead atoms. The second-order valence-electron chi connectivity index (χ2n) is 4.15. The molecular weight excluding hydrogens is 254 g/mol. The van der Waals surface area contributed by atoms with Crippen LogP contribution >= 0.6 is 0 Å². The van der Waals surface area contributed by atoms with Gasteiger partial charge in [-0.2, -0.15) is 0 Å². The number of methoxy groups -OCH3 is 2. The Labute approximate surface area is 117 Å². The molecule has 0 radical (unpaired) electrons. The van der Waals surface area contributed by atoms with Gasteiger partial charge in [-0.1, -0.05) is 5.92 Å². The third-order valence-electron chi connectivity index (χ3n) is 2.83. The Balaban J connectivity index is 2.37. The van der Waals surface area contributed by atoms with Gasteiger partial charge < -0.3 is 15.2 Å². The van der Waals surface area contributed by atoms with E-state index in [1.54, 1.807) is 26.6 Å². The summed E-state index contributed by atoms with van der Waals surface area (Å²) in [4.78, 5) is 7.93. The van der Waals surface area contributed by atoms with Crippen molar-refractivity contribution < 1.29 is 9.47 Å². The molecule has 0 saturated carbocycles. The summed E-state index contributed by atoms with van der Waals surface area (Å²) in [6.45, 7) is 0. The number of rotatable bonds is 4. The van der Waals surface area contributed by atoms with Crippen LogP contribution in [0.1, 0.15) is 16.7 Å². The third kappa shape index (κ3) is 2.81. The number of ether oxygens (including phenoxy) is 2. The van der Waals surface area contributed by atoms with E-state index in [1.165, 1.54) is 0 Å². The van der Waals surface area contributed by atoms with Gasteiger partial charge in [-0.15, -0.1) is 6.42 Å². The summed E-state index contributed by atoms with van der Waals surface area (Å²) in [6.07, 6.45) is 9.52. The lowest BCUT2D eigenvalue weighted by Crippen LogP contribution is -1.99. The van der Waals surface area contributed by atoms with Crippen molar-refractivity contribution in [1.29, 1.82) is 0 Å². The molecule has 20 heavy (non-hydrogen) atoms. The van der Waals surface area contributed by atoms with Gasteiger partial charge >= 0.3 is 0 Å². The van der Waals surface area contributed by atoms with Crippen LogP contribution in [0.3, 0.4) is 0 Å². The molecule has 0 aliphatic rings.